The van der Waals surface area contributed by atoms with Gasteiger partial charge in [0.15, 0.2) is 0 Å². The maximum absolute atomic E-state index is 11.9. The number of carbonyl (C=O) groups excluding carboxylic acids is 1. The molecule has 1 aromatic heterocycles. The van der Waals surface area contributed by atoms with Gasteiger partial charge in [-0.3, -0.25) is 4.79 Å². The fourth-order valence-corrected chi connectivity index (χ4v) is 3.53. The lowest BCUT2D eigenvalue weighted by Gasteiger charge is -2.19. The highest BCUT2D eigenvalue weighted by atomic mass is 35.5. The second-order valence-electron chi connectivity index (χ2n) is 4.94. The molecule has 1 aliphatic carbocycles. The molecule has 1 aromatic rings. The Labute approximate surface area is 117 Å². The number of alkyl halides is 1. The van der Waals surface area contributed by atoms with Gasteiger partial charge in [-0.05, 0) is 25.7 Å². The molecule has 1 amide bonds. The summed E-state index contributed by atoms with van der Waals surface area (Å²) in [7, 11) is 0. The highest BCUT2D eigenvalue weighted by Crippen LogP contribution is 2.27. The van der Waals surface area contributed by atoms with E-state index < -0.39 is 0 Å². The minimum Gasteiger partial charge on any atom is -0.353 e. The zero-order valence-corrected chi connectivity index (χ0v) is 12.2. The van der Waals surface area contributed by atoms with Crippen LogP contribution in [0, 0.1) is 5.92 Å². The number of halogens is 1. The summed E-state index contributed by atoms with van der Waals surface area (Å²) in [6, 6.07) is 0.285. The number of carbonyl (C=O) groups is 1. The first kappa shape index (κ1) is 13.8. The van der Waals surface area contributed by atoms with Crippen LogP contribution in [0.5, 0.6) is 0 Å². The van der Waals surface area contributed by atoms with Gasteiger partial charge in [-0.15, -0.1) is 22.9 Å². The van der Waals surface area contributed by atoms with Gasteiger partial charge < -0.3 is 5.32 Å². The van der Waals surface area contributed by atoms with Crippen molar-refractivity contribution < 1.29 is 4.79 Å². The van der Waals surface area contributed by atoms with E-state index in [0.29, 0.717) is 18.2 Å². The number of amides is 1. The van der Waals surface area contributed by atoms with E-state index in [1.165, 1.54) is 37.0 Å². The zero-order valence-electron chi connectivity index (χ0n) is 10.6. The highest BCUT2D eigenvalue weighted by Gasteiger charge is 2.22. The summed E-state index contributed by atoms with van der Waals surface area (Å²) in [4.78, 5) is 16.2. The number of thiazole rings is 1. The Kier molecular flexibility index (Phi) is 5.01. The van der Waals surface area contributed by atoms with Gasteiger partial charge in [-0.25, -0.2) is 4.98 Å². The average Bonchev–Trinajstić information content (AvgIpc) is 2.98. The first-order valence-electron chi connectivity index (χ1n) is 6.47. The second kappa shape index (κ2) is 6.53. The van der Waals surface area contributed by atoms with Crippen LogP contribution in [0.1, 0.15) is 43.3 Å². The lowest BCUT2D eigenvalue weighted by Crippen LogP contribution is -2.38. The topological polar surface area (TPSA) is 42.0 Å². The molecule has 0 aromatic carbocycles. The molecule has 1 N–H and O–H groups in total. The minimum absolute atomic E-state index is 0.0740. The molecular weight excluding hydrogens is 268 g/mol. The Bertz CT molecular complexity index is 401. The Morgan fingerprint density at radius 3 is 2.94 bits per heavy atom. The van der Waals surface area contributed by atoms with Gasteiger partial charge in [0.2, 0.25) is 5.91 Å². The van der Waals surface area contributed by atoms with Crippen molar-refractivity contribution in [1.82, 2.24) is 10.3 Å². The molecule has 0 bridgehead atoms. The van der Waals surface area contributed by atoms with Crippen molar-refractivity contribution in [2.45, 2.75) is 50.9 Å². The zero-order chi connectivity index (χ0) is 13.0. The largest absolute Gasteiger partial charge is 0.353 e. The molecule has 2 rings (SSSR count). The molecule has 0 radical (unpaired) electrons. The minimum atomic E-state index is 0.0740. The molecule has 1 heterocycles. The van der Waals surface area contributed by atoms with Crippen LogP contribution >= 0.6 is 22.9 Å². The van der Waals surface area contributed by atoms with Crippen molar-refractivity contribution in [3.05, 3.63) is 16.1 Å². The standard InChI is InChI=1S/C13H19ClN2OS/c1-9(10-4-2-3-5-10)15-12(17)6-13-16-11(7-14)8-18-13/h8-10H,2-7H2,1H3,(H,15,17). The first-order valence-corrected chi connectivity index (χ1v) is 7.89. The van der Waals surface area contributed by atoms with Crippen molar-refractivity contribution in [3.8, 4) is 0 Å². The second-order valence-corrected chi connectivity index (χ2v) is 6.15. The summed E-state index contributed by atoms with van der Waals surface area (Å²) in [5.41, 5.74) is 0.855. The molecule has 100 valence electrons. The van der Waals surface area contributed by atoms with Gasteiger partial charge in [0, 0.05) is 11.4 Å². The summed E-state index contributed by atoms with van der Waals surface area (Å²) < 4.78 is 0. The molecule has 3 nitrogen and oxygen atoms in total. The van der Waals surface area contributed by atoms with E-state index in [9.17, 15) is 4.79 Å². The average molecular weight is 287 g/mol. The molecule has 1 aliphatic rings. The van der Waals surface area contributed by atoms with Crippen LogP contribution < -0.4 is 5.32 Å². The fraction of sp³-hybridized carbons (Fsp3) is 0.692. The van der Waals surface area contributed by atoms with E-state index in [1.807, 2.05) is 5.38 Å². The molecule has 5 heteroatoms. The van der Waals surface area contributed by atoms with Crippen molar-refractivity contribution in [2.24, 2.45) is 5.92 Å². The smallest absolute Gasteiger partial charge is 0.227 e. The van der Waals surface area contributed by atoms with Gasteiger partial charge in [0.05, 0.1) is 18.0 Å². The number of aromatic nitrogens is 1. The number of nitrogens with zero attached hydrogens (tertiary/aromatic N) is 1. The van der Waals surface area contributed by atoms with E-state index >= 15 is 0 Å². The predicted octanol–water partition coefficient (Wildman–Crippen LogP) is 3.12. The number of rotatable bonds is 5. The molecule has 1 saturated carbocycles. The maximum Gasteiger partial charge on any atom is 0.227 e. The maximum atomic E-state index is 11.9. The van der Waals surface area contributed by atoms with Gasteiger partial charge in [-0.1, -0.05) is 12.8 Å². The lowest BCUT2D eigenvalue weighted by molar-refractivity contribution is -0.121. The third kappa shape index (κ3) is 3.69. The molecule has 18 heavy (non-hydrogen) atoms. The molecule has 0 spiro atoms. The molecule has 1 unspecified atom stereocenters. The van der Waals surface area contributed by atoms with Crippen LogP contribution in [0.15, 0.2) is 5.38 Å². The summed E-state index contributed by atoms with van der Waals surface area (Å²) in [6.45, 7) is 2.11. The van der Waals surface area contributed by atoms with Crippen molar-refractivity contribution in [1.29, 1.82) is 0 Å². The van der Waals surface area contributed by atoms with Crippen LogP contribution in [0.25, 0.3) is 0 Å². The third-order valence-electron chi connectivity index (χ3n) is 3.54. The van der Waals surface area contributed by atoms with E-state index in [1.54, 1.807) is 0 Å². The Morgan fingerprint density at radius 1 is 1.61 bits per heavy atom. The summed E-state index contributed by atoms with van der Waals surface area (Å²) in [6.07, 6.45) is 5.47. The van der Waals surface area contributed by atoms with Crippen molar-refractivity contribution >= 4 is 28.8 Å². The van der Waals surface area contributed by atoms with E-state index in [4.69, 9.17) is 11.6 Å². The summed E-state index contributed by atoms with van der Waals surface area (Å²) >= 11 is 7.20. The van der Waals surface area contributed by atoms with Crippen molar-refractivity contribution in [2.75, 3.05) is 0 Å². The van der Waals surface area contributed by atoms with Gasteiger partial charge >= 0.3 is 0 Å². The van der Waals surface area contributed by atoms with E-state index in [-0.39, 0.29) is 11.9 Å². The Morgan fingerprint density at radius 2 is 2.33 bits per heavy atom. The van der Waals surface area contributed by atoms with Crippen LogP contribution in [-0.2, 0) is 17.1 Å². The molecule has 1 atom stereocenters. The van der Waals surface area contributed by atoms with Gasteiger partial charge in [0.25, 0.3) is 0 Å². The first-order chi connectivity index (χ1) is 8.69. The van der Waals surface area contributed by atoms with Crippen LogP contribution in [0.4, 0.5) is 0 Å². The molecular formula is C13H19ClN2OS. The number of hydrogen-bond acceptors (Lipinski definition) is 3. The highest BCUT2D eigenvalue weighted by molar-refractivity contribution is 7.09. The Hall–Kier alpha value is -0.610. The lowest BCUT2D eigenvalue weighted by atomic mass is 10.00. The van der Waals surface area contributed by atoms with Crippen LogP contribution in [0.3, 0.4) is 0 Å². The van der Waals surface area contributed by atoms with E-state index in [0.717, 1.165) is 10.7 Å². The number of hydrogen-bond donors (Lipinski definition) is 1. The van der Waals surface area contributed by atoms with Crippen molar-refractivity contribution in [3.63, 3.8) is 0 Å². The fourth-order valence-electron chi connectivity index (χ4n) is 2.51. The van der Waals surface area contributed by atoms with E-state index in [2.05, 4.69) is 17.2 Å². The normalized spacial score (nSPS) is 17.9. The Balaban J connectivity index is 1.80. The third-order valence-corrected chi connectivity index (χ3v) is 4.72. The number of nitrogens with one attached hydrogen (secondary N) is 1. The van der Waals surface area contributed by atoms with Crippen LogP contribution in [-0.4, -0.2) is 16.9 Å². The van der Waals surface area contributed by atoms with Gasteiger partial charge in [0.1, 0.15) is 5.01 Å². The molecule has 0 saturated heterocycles. The van der Waals surface area contributed by atoms with Gasteiger partial charge in [-0.2, -0.15) is 0 Å². The summed E-state index contributed by atoms with van der Waals surface area (Å²) in [5, 5.41) is 5.85. The SMILES string of the molecule is CC(NC(=O)Cc1nc(CCl)cs1)C1CCCC1. The molecule has 1 fully saturated rings. The quantitative estimate of drug-likeness (QED) is 0.845. The summed E-state index contributed by atoms with van der Waals surface area (Å²) in [5.74, 6) is 1.14. The molecule has 0 aliphatic heterocycles. The predicted molar refractivity (Wildman–Crippen MR) is 74.9 cm³/mol. The van der Waals surface area contributed by atoms with Crippen LogP contribution in [0.2, 0.25) is 0 Å². The monoisotopic (exact) mass is 286 g/mol.